The Balaban J connectivity index is 1.69. The molecule has 0 radical (unpaired) electrons. The smallest absolute Gasteiger partial charge is 0.350 e. The number of hydrogen-bond acceptors (Lipinski definition) is 5. The maximum atomic E-state index is 13.2. The number of thiazole rings is 1. The summed E-state index contributed by atoms with van der Waals surface area (Å²) < 4.78 is 31.1. The van der Waals surface area contributed by atoms with Crippen molar-refractivity contribution >= 4 is 23.1 Å². The molecule has 0 aliphatic rings. The van der Waals surface area contributed by atoms with E-state index in [9.17, 15) is 18.4 Å². The number of halogens is 2. The van der Waals surface area contributed by atoms with Crippen molar-refractivity contribution in [1.82, 2.24) is 4.98 Å². The van der Waals surface area contributed by atoms with Crippen LogP contribution in [0.3, 0.4) is 0 Å². The highest BCUT2D eigenvalue weighted by atomic mass is 32.1. The van der Waals surface area contributed by atoms with Crippen LogP contribution >= 0.6 is 11.3 Å². The number of carbonyl (C=O) groups is 2. The van der Waals surface area contributed by atoms with Gasteiger partial charge in [-0.1, -0.05) is 30.3 Å². The van der Waals surface area contributed by atoms with Gasteiger partial charge in [0.2, 0.25) is 0 Å². The third-order valence-electron chi connectivity index (χ3n) is 3.58. The van der Waals surface area contributed by atoms with Gasteiger partial charge < -0.3 is 4.74 Å². The van der Waals surface area contributed by atoms with E-state index in [2.05, 4.69) is 4.98 Å². The molecule has 0 aliphatic carbocycles. The number of aryl methyl sites for hydroxylation is 1. The van der Waals surface area contributed by atoms with Crippen LogP contribution in [0.4, 0.5) is 8.78 Å². The third kappa shape index (κ3) is 3.83. The van der Waals surface area contributed by atoms with Gasteiger partial charge >= 0.3 is 5.97 Å². The fourth-order valence-electron chi connectivity index (χ4n) is 2.24. The standard InChI is InChI=1S/C19H13F2NO3S/c1-11-17(26-18(22-11)12-5-3-2-4-6-12)19(24)25-10-16(23)13-7-8-14(20)15(21)9-13/h2-9H,10H2,1H3. The van der Waals surface area contributed by atoms with Gasteiger partial charge in [0, 0.05) is 11.1 Å². The second-order valence-corrected chi connectivity index (χ2v) is 6.43. The molecule has 3 aromatic rings. The molecular formula is C19H13F2NO3S. The van der Waals surface area contributed by atoms with E-state index in [1.807, 2.05) is 30.3 Å². The Hall–Kier alpha value is -2.93. The van der Waals surface area contributed by atoms with Gasteiger partial charge in [-0.15, -0.1) is 11.3 Å². The first kappa shape index (κ1) is 17.9. The predicted octanol–water partition coefficient (Wildman–Crippen LogP) is 4.44. The molecule has 0 unspecified atom stereocenters. The van der Waals surface area contributed by atoms with Gasteiger partial charge in [-0.25, -0.2) is 18.6 Å². The molecule has 4 nitrogen and oxygen atoms in total. The zero-order valence-corrected chi connectivity index (χ0v) is 14.5. The largest absolute Gasteiger partial charge is 0.453 e. The highest BCUT2D eigenvalue weighted by Gasteiger charge is 2.19. The van der Waals surface area contributed by atoms with Crippen LogP contribution in [0.1, 0.15) is 25.7 Å². The van der Waals surface area contributed by atoms with Crippen LogP contribution in [0.5, 0.6) is 0 Å². The number of ether oxygens (including phenoxy) is 1. The van der Waals surface area contributed by atoms with Crippen molar-refractivity contribution in [2.24, 2.45) is 0 Å². The van der Waals surface area contributed by atoms with Crippen LogP contribution in [0.25, 0.3) is 10.6 Å². The van der Waals surface area contributed by atoms with Crippen molar-refractivity contribution in [2.75, 3.05) is 6.61 Å². The summed E-state index contributed by atoms with van der Waals surface area (Å²) in [5.74, 6) is -3.49. The number of ketones is 1. The molecule has 0 bridgehead atoms. The summed E-state index contributed by atoms with van der Waals surface area (Å²) in [4.78, 5) is 28.8. The van der Waals surface area contributed by atoms with Gasteiger partial charge in [-0.2, -0.15) is 0 Å². The van der Waals surface area contributed by atoms with E-state index < -0.39 is 30.0 Å². The number of benzene rings is 2. The van der Waals surface area contributed by atoms with Gasteiger partial charge in [0.15, 0.2) is 24.0 Å². The second kappa shape index (κ2) is 7.53. The second-order valence-electron chi connectivity index (χ2n) is 5.43. The molecule has 7 heteroatoms. The third-order valence-corrected chi connectivity index (χ3v) is 4.77. The molecule has 0 spiro atoms. The minimum atomic E-state index is -1.13. The predicted molar refractivity (Wildman–Crippen MR) is 93.3 cm³/mol. The Labute approximate surface area is 152 Å². The quantitative estimate of drug-likeness (QED) is 0.490. The van der Waals surface area contributed by atoms with Crippen LogP contribution < -0.4 is 0 Å². The Morgan fingerprint density at radius 1 is 1.08 bits per heavy atom. The van der Waals surface area contributed by atoms with Crippen molar-refractivity contribution in [1.29, 1.82) is 0 Å². The first-order chi connectivity index (χ1) is 12.5. The number of Topliss-reactive ketones (excluding diaryl/α,β-unsaturated/α-hetero) is 1. The van der Waals surface area contributed by atoms with E-state index in [1.165, 1.54) is 11.3 Å². The lowest BCUT2D eigenvalue weighted by Crippen LogP contribution is -2.14. The fourth-order valence-corrected chi connectivity index (χ4v) is 3.21. The van der Waals surface area contributed by atoms with Crippen molar-refractivity contribution in [3.8, 4) is 10.6 Å². The lowest BCUT2D eigenvalue weighted by Gasteiger charge is -2.04. The normalized spacial score (nSPS) is 10.6. The minimum absolute atomic E-state index is 0.0669. The SMILES string of the molecule is Cc1nc(-c2ccccc2)sc1C(=O)OCC(=O)c1ccc(F)c(F)c1. The molecule has 1 heterocycles. The van der Waals surface area contributed by atoms with Crippen molar-refractivity contribution in [3.05, 3.63) is 76.3 Å². The topological polar surface area (TPSA) is 56.3 Å². The van der Waals surface area contributed by atoms with Crippen LogP contribution in [0.2, 0.25) is 0 Å². The molecule has 3 rings (SSSR count). The molecule has 26 heavy (non-hydrogen) atoms. The summed E-state index contributed by atoms with van der Waals surface area (Å²) in [7, 11) is 0. The summed E-state index contributed by atoms with van der Waals surface area (Å²) in [6.07, 6.45) is 0. The van der Waals surface area contributed by atoms with Crippen molar-refractivity contribution in [3.63, 3.8) is 0 Å². The van der Waals surface area contributed by atoms with Gasteiger partial charge in [-0.3, -0.25) is 4.79 Å². The summed E-state index contributed by atoms with van der Waals surface area (Å²) >= 11 is 1.17. The average Bonchev–Trinajstić information content (AvgIpc) is 3.04. The van der Waals surface area contributed by atoms with Crippen LogP contribution in [0.15, 0.2) is 48.5 Å². The first-order valence-electron chi connectivity index (χ1n) is 7.64. The molecule has 132 valence electrons. The van der Waals surface area contributed by atoms with E-state index in [0.29, 0.717) is 15.6 Å². The monoisotopic (exact) mass is 373 g/mol. The van der Waals surface area contributed by atoms with Crippen LogP contribution in [-0.4, -0.2) is 23.3 Å². The molecule has 0 aliphatic heterocycles. The maximum Gasteiger partial charge on any atom is 0.350 e. The number of esters is 1. The van der Waals surface area contributed by atoms with E-state index in [0.717, 1.165) is 23.8 Å². The minimum Gasteiger partial charge on any atom is -0.453 e. The molecule has 0 atom stereocenters. The Morgan fingerprint density at radius 3 is 2.50 bits per heavy atom. The fraction of sp³-hybridized carbons (Fsp3) is 0.105. The summed E-state index contributed by atoms with van der Waals surface area (Å²) in [5.41, 5.74) is 1.30. The molecule has 0 N–H and O–H groups in total. The molecule has 2 aromatic carbocycles. The number of aromatic nitrogens is 1. The number of nitrogens with zero attached hydrogens (tertiary/aromatic N) is 1. The van der Waals surface area contributed by atoms with Crippen molar-refractivity contribution in [2.45, 2.75) is 6.92 Å². The summed E-state index contributed by atoms with van der Waals surface area (Å²) in [6.45, 7) is 1.11. The molecule has 1 aromatic heterocycles. The van der Waals surface area contributed by atoms with E-state index in [4.69, 9.17) is 4.74 Å². The average molecular weight is 373 g/mol. The zero-order valence-electron chi connectivity index (χ0n) is 13.7. The molecule has 0 saturated carbocycles. The highest BCUT2D eigenvalue weighted by Crippen LogP contribution is 2.28. The van der Waals surface area contributed by atoms with Gasteiger partial charge in [0.1, 0.15) is 9.88 Å². The van der Waals surface area contributed by atoms with Gasteiger partial charge in [-0.05, 0) is 25.1 Å². The molecule has 0 fully saturated rings. The van der Waals surface area contributed by atoms with Gasteiger partial charge in [0.05, 0.1) is 5.69 Å². The van der Waals surface area contributed by atoms with Crippen LogP contribution in [-0.2, 0) is 4.74 Å². The van der Waals surface area contributed by atoms with Crippen molar-refractivity contribution < 1.29 is 23.1 Å². The van der Waals surface area contributed by atoms with Crippen LogP contribution in [0, 0.1) is 18.6 Å². The summed E-state index contributed by atoms with van der Waals surface area (Å²) in [5, 5.41) is 0.669. The Bertz CT molecular complexity index is 970. The maximum absolute atomic E-state index is 13.2. The first-order valence-corrected chi connectivity index (χ1v) is 8.45. The Kier molecular flexibility index (Phi) is 5.18. The number of rotatable bonds is 5. The highest BCUT2D eigenvalue weighted by molar-refractivity contribution is 7.17. The van der Waals surface area contributed by atoms with E-state index in [1.54, 1.807) is 6.92 Å². The number of carbonyl (C=O) groups excluding carboxylic acids is 2. The molecule has 0 saturated heterocycles. The summed E-state index contributed by atoms with van der Waals surface area (Å²) in [6, 6.07) is 12.1. The number of hydrogen-bond donors (Lipinski definition) is 0. The lowest BCUT2D eigenvalue weighted by molar-refractivity contribution is 0.0478. The lowest BCUT2D eigenvalue weighted by atomic mass is 10.1. The molecule has 0 amide bonds. The van der Waals surface area contributed by atoms with E-state index >= 15 is 0 Å². The van der Waals surface area contributed by atoms with E-state index in [-0.39, 0.29) is 5.56 Å². The zero-order chi connectivity index (χ0) is 18.7. The molecular weight excluding hydrogens is 360 g/mol. The Morgan fingerprint density at radius 2 is 1.81 bits per heavy atom. The van der Waals surface area contributed by atoms with Gasteiger partial charge in [0.25, 0.3) is 0 Å².